The number of furan rings is 1. The van der Waals surface area contributed by atoms with Crippen LogP contribution in [0.25, 0.3) is 33.5 Å². The van der Waals surface area contributed by atoms with Gasteiger partial charge in [0.25, 0.3) is 5.56 Å². The van der Waals surface area contributed by atoms with Crippen molar-refractivity contribution in [2.75, 3.05) is 7.11 Å². The van der Waals surface area contributed by atoms with Gasteiger partial charge in [-0.1, -0.05) is 63.4 Å². The zero-order chi connectivity index (χ0) is 28.5. The Morgan fingerprint density at radius 3 is 2.59 bits per heavy atom. The second kappa shape index (κ2) is 11.4. The van der Waals surface area contributed by atoms with Crippen LogP contribution in [0.5, 0.6) is 11.5 Å². The fraction of sp³-hybridized carbons (Fsp3) is 0.0645. The Labute approximate surface area is 252 Å². The van der Waals surface area contributed by atoms with Gasteiger partial charge < -0.3 is 13.9 Å². The van der Waals surface area contributed by atoms with E-state index >= 15 is 0 Å². The number of para-hydroxylation sites is 1. The molecule has 2 heterocycles. The molecule has 2 aromatic heterocycles. The lowest BCUT2D eigenvalue weighted by molar-refractivity contribution is 0.284. The van der Waals surface area contributed by atoms with Gasteiger partial charge >= 0.3 is 0 Å². The number of methoxy groups -OCH3 is 1. The highest BCUT2D eigenvalue weighted by Gasteiger charge is 2.18. The van der Waals surface area contributed by atoms with Crippen LogP contribution >= 0.6 is 39.1 Å². The normalized spacial score (nSPS) is 11.5. The van der Waals surface area contributed by atoms with Crippen molar-refractivity contribution in [3.05, 3.63) is 121 Å². The summed E-state index contributed by atoms with van der Waals surface area (Å²) in [5.41, 5.74) is 2.27. The third-order valence-electron chi connectivity index (χ3n) is 6.33. The van der Waals surface area contributed by atoms with Crippen molar-refractivity contribution in [3.63, 3.8) is 0 Å². The van der Waals surface area contributed by atoms with Gasteiger partial charge in [-0.3, -0.25) is 4.79 Å². The standard InChI is InChI=1S/C31H20BrCl2N3O4/c1-39-27-15-21(32)12-20(29(27)40-17-18-6-8-22(33)9-7-18)16-35-37-30(36-25-5-3-2-4-24(25)31(37)38)28-14-19-13-23(34)10-11-26(19)41-28/h2-16H,17H2,1H3. The number of rotatable bonds is 7. The lowest BCUT2D eigenvalue weighted by atomic mass is 10.2. The first-order valence-corrected chi connectivity index (χ1v) is 13.9. The summed E-state index contributed by atoms with van der Waals surface area (Å²) in [7, 11) is 1.56. The van der Waals surface area contributed by atoms with E-state index in [9.17, 15) is 4.79 Å². The molecule has 0 spiro atoms. The Morgan fingerprint density at radius 2 is 1.78 bits per heavy atom. The summed E-state index contributed by atoms with van der Waals surface area (Å²) in [6.45, 7) is 0.264. The second-order valence-electron chi connectivity index (χ2n) is 9.05. The van der Waals surface area contributed by atoms with Crippen LogP contribution in [0.1, 0.15) is 11.1 Å². The molecule has 0 unspecified atom stereocenters. The average molecular weight is 649 g/mol. The minimum absolute atomic E-state index is 0.239. The van der Waals surface area contributed by atoms with Crippen molar-refractivity contribution in [2.45, 2.75) is 6.61 Å². The molecule has 0 bridgehead atoms. The Bertz CT molecular complexity index is 2000. The molecule has 204 valence electrons. The van der Waals surface area contributed by atoms with Gasteiger partial charge in [-0.25, -0.2) is 4.98 Å². The van der Waals surface area contributed by atoms with Crippen molar-refractivity contribution in [3.8, 4) is 23.1 Å². The Kier molecular flexibility index (Phi) is 7.53. The maximum absolute atomic E-state index is 13.7. The smallest absolute Gasteiger partial charge is 0.282 e. The van der Waals surface area contributed by atoms with E-state index in [2.05, 4.69) is 21.0 Å². The van der Waals surface area contributed by atoms with Gasteiger partial charge in [0.05, 0.1) is 24.2 Å². The van der Waals surface area contributed by atoms with Crippen LogP contribution in [-0.4, -0.2) is 23.0 Å². The van der Waals surface area contributed by atoms with Gasteiger partial charge in [-0.2, -0.15) is 9.78 Å². The minimum atomic E-state index is -0.356. The van der Waals surface area contributed by atoms with Crippen LogP contribution in [0.4, 0.5) is 0 Å². The quantitative estimate of drug-likeness (QED) is 0.163. The SMILES string of the molecule is COc1cc(Br)cc(C=Nn2c(-c3cc4cc(Cl)ccc4o3)nc3ccccc3c2=O)c1OCc1ccc(Cl)cc1. The van der Waals surface area contributed by atoms with E-state index in [0.29, 0.717) is 49.4 Å². The van der Waals surface area contributed by atoms with E-state index in [1.165, 1.54) is 10.9 Å². The van der Waals surface area contributed by atoms with E-state index in [4.69, 9.17) is 42.1 Å². The lowest BCUT2D eigenvalue weighted by Crippen LogP contribution is -2.20. The van der Waals surface area contributed by atoms with Gasteiger partial charge in [-0.15, -0.1) is 0 Å². The van der Waals surface area contributed by atoms with E-state index in [-0.39, 0.29) is 18.0 Å². The number of nitrogens with zero attached hydrogens (tertiary/aromatic N) is 3. The number of hydrogen-bond donors (Lipinski definition) is 0. The topological polar surface area (TPSA) is 78.9 Å². The maximum atomic E-state index is 13.7. The van der Waals surface area contributed by atoms with E-state index < -0.39 is 0 Å². The molecule has 0 saturated heterocycles. The Balaban J connectivity index is 1.47. The van der Waals surface area contributed by atoms with Gasteiger partial charge in [0.15, 0.2) is 17.3 Å². The third-order valence-corrected chi connectivity index (χ3v) is 7.27. The zero-order valence-electron chi connectivity index (χ0n) is 21.5. The number of benzene rings is 4. The summed E-state index contributed by atoms with van der Waals surface area (Å²) in [4.78, 5) is 18.4. The fourth-order valence-electron chi connectivity index (χ4n) is 4.36. The lowest BCUT2D eigenvalue weighted by Gasteiger charge is -2.14. The summed E-state index contributed by atoms with van der Waals surface area (Å²) in [6, 6.07) is 25.2. The maximum Gasteiger partial charge on any atom is 0.282 e. The minimum Gasteiger partial charge on any atom is -0.493 e. The van der Waals surface area contributed by atoms with Crippen LogP contribution in [0.2, 0.25) is 10.0 Å². The molecule has 0 fully saturated rings. The highest BCUT2D eigenvalue weighted by Crippen LogP contribution is 2.35. The van der Waals surface area contributed by atoms with E-state index in [0.717, 1.165) is 15.4 Å². The number of aromatic nitrogens is 2. The molecule has 41 heavy (non-hydrogen) atoms. The van der Waals surface area contributed by atoms with Gasteiger partial charge in [-0.05, 0) is 66.2 Å². The molecule has 6 aromatic rings. The first-order valence-electron chi connectivity index (χ1n) is 12.4. The van der Waals surface area contributed by atoms with Crippen molar-refractivity contribution in [2.24, 2.45) is 5.10 Å². The highest BCUT2D eigenvalue weighted by atomic mass is 79.9. The Morgan fingerprint density at radius 1 is 1.00 bits per heavy atom. The first kappa shape index (κ1) is 27.1. The highest BCUT2D eigenvalue weighted by molar-refractivity contribution is 9.10. The average Bonchev–Trinajstić information content (AvgIpc) is 3.39. The molecule has 0 aliphatic heterocycles. The molecule has 0 aliphatic carbocycles. The summed E-state index contributed by atoms with van der Waals surface area (Å²) >= 11 is 15.7. The number of halogens is 3. The second-order valence-corrected chi connectivity index (χ2v) is 10.8. The third kappa shape index (κ3) is 5.59. The number of hydrogen-bond acceptors (Lipinski definition) is 6. The predicted molar refractivity (Wildman–Crippen MR) is 166 cm³/mol. The summed E-state index contributed by atoms with van der Waals surface area (Å²) in [5.74, 6) is 1.56. The number of ether oxygens (including phenoxy) is 2. The van der Waals surface area contributed by atoms with Crippen molar-refractivity contribution >= 4 is 67.2 Å². The monoisotopic (exact) mass is 647 g/mol. The molecule has 0 atom stereocenters. The molecular weight excluding hydrogens is 629 g/mol. The van der Waals surface area contributed by atoms with Crippen molar-refractivity contribution in [1.82, 2.24) is 9.66 Å². The van der Waals surface area contributed by atoms with Crippen molar-refractivity contribution in [1.29, 1.82) is 0 Å². The molecule has 6 rings (SSSR count). The van der Waals surface area contributed by atoms with E-state index in [1.54, 1.807) is 67.8 Å². The molecule has 0 radical (unpaired) electrons. The largest absolute Gasteiger partial charge is 0.493 e. The molecule has 0 aliphatic rings. The Hall–Kier alpha value is -4.11. The van der Waals surface area contributed by atoms with Gasteiger partial charge in [0.1, 0.15) is 12.2 Å². The zero-order valence-corrected chi connectivity index (χ0v) is 24.6. The summed E-state index contributed by atoms with van der Waals surface area (Å²) in [6.07, 6.45) is 1.53. The predicted octanol–water partition coefficient (Wildman–Crippen LogP) is 8.35. The van der Waals surface area contributed by atoms with Crippen LogP contribution in [0, 0.1) is 0 Å². The van der Waals surface area contributed by atoms with Crippen molar-refractivity contribution < 1.29 is 13.9 Å². The van der Waals surface area contributed by atoms with Gasteiger partial charge in [0.2, 0.25) is 5.82 Å². The molecule has 0 saturated carbocycles. The molecule has 7 nitrogen and oxygen atoms in total. The fourth-order valence-corrected chi connectivity index (χ4v) is 5.12. The molecular formula is C31H20BrCl2N3O4. The van der Waals surface area contributed by atoms with Crippen LogP contribution in [0.3, 0.4) is 0 Å². The van der Waals surface area contributed by atoms with Gasteiger partial charge in [0, 0.05) is 25.5 Å². The van der Waals surface area contributed by atoms with Crippen LogP contribution < -0.4 is 15.0 Å². The van der Waals surface area contributed by atoms with Crippen LogP contribution in [0.15, 0.2) is 104 Å². The molecule has 4 aromatic carbocycles. The summed E-state index contributed by atoms with van der Waals surface area (Å²) < 4.78 is 19.8. The van der Waals surface area contributed by atoms with Crippen LogP contribution in [-0.2, 0) is 6.61 Å². The van der Waals surface area contributed by atoms with E-state index in [1.807, 2.05) is 24.3 Å². The number of fused-ring (bicyclic) bond motifs is 2. The summed E-state index contributed by atoms with van der Waals surface area (Å²) in [5, 5.41) is 6.99. The molecule has 0 amide bonds. The molecule has 10 heteroatoms. The molecule has 0 N–H and O–H groups in total. The first-order chi connectivity index (χ1) is 19.9.